The second-order valence-electron chi connectivity index (χ2n) is 6.55. The molecule has 5 nitrogen and oxygen atoms in total. The van der Waals surface area contributed by atoms with Crippen LogP contribution in [-0.2, 0) is 11.2 Å². The van der Waals surface area contributed by atoms with E-state index in [2.05, 4.69) is 5.32 Å². The molecule has 1 N–H and O–H groups in total. The van der Waals surface area contributed by atoms with Crippen LogP contribution in [0.5, 0.6) is 11.5 Å². The maximum absolute atomic E-state index is 12.9. The van der Waals surface area contributed by atoms with Crippen LogP contribution in [0, 0.1) is 0 Å². The van der Waals surface area contributed by atoms with Gasteiger partial charge >= 0.3 is 0 Å². The molecular formula is C21H26Cl2N2O3. The number of hydrogen-bond acceptors (Lipinski definition) is 4. The normalized spacial score (nSPS) is 16.2. The Morgan fingerprint density at radius 2 is 1.96 bits per heavy atom. The lowest BCUT2D eigenvalue weighted by atomic mass is 10.0. The second kappa shape index (κ2) is 10.6. The van der Waals surface area contributed by atoms with E-state index in [0.717, 1.165) is 24.2 Å². The summed E-state index contributed by atoms with van der Waals surface area (Å²) in [6.07, 6.45) is 1.11. The van der Waals surface area contributed by atoms with Crippen molar-refractivity contribution in [1.82, 2.24) is 10.2 Å². The Labute approximate surface area is 177 Å². The van der Waals surface area contributed by atoms with Crippen molar-refractivity contribution in [3.8, 4) is 11.5 Å². The number of ether oxygens (including phenoxy) is 2. The number of nitrogens with zero attached hydrogens (tertiary/aromatic N) is 1. The molecule has 2 aromatic carbocycles. The molecule has 1 amide bonds. The monoisotopic (exact) mass is 424 g/mol. The van der Waals surface area contributed by atoms with E-state index >= 15 is 0 Å². The third-order valence-corrected chi connectivity index (χ3v) is 5.11. The summed E-state index contributed by atoms with van der Waals surface area (Å²) in [5, 5.41) is 4.06. The Kier molecular flexibility index (Phi) is 8.42. The van der Waals surface area contributed by atoms with Crippen LogP contribution in [0.4, 0.5) is 0 Å². The zero-order chi connectivity index (χ0) is 19.2. The molecule has 0 aliphatic carbocycles. The lowest BCUT2D eigenvalue weighted by Gasteiger charge is -2.36. The SMILES string of the molecule is COc1ccc(CCC(=O)N2CCNCC2c2cccc(Cl)c2)cc1OC.Cl. The van der Waals surface area contributed by atoms with Gasteiger partial charge in [-0.15, -0.1) is 12.4 Å². The third-order valence-electron chi connectivity index (χ3n) is 4.87. The van der Waals surface area contributed by atoms with Gasteiger partial charge in [0.15, 0.2) is 11.5 Å². The molecule has 1 aliphatic rings. The van der Waals surface area contributed by atoms with Gasteiger partial charge in [-0.25, -0.2) is 0 Å². The Hall–Kier alpha value is -1.95. The first kappa shape index (κ1) is 22.3. The van der Waals surface area contributed by atoms with Gasteiger partial charge in [-0.2, -0.15) is 0 Å². The van der Waals surface area contributed by atoms with Crippen molar-refractivity contribution in [3.05, 3.63) is 58.6 Å². The summed E-state index contributed by atoms with van der Waals surface area (Å²) in [6, 6.07) is 13.5. The maximum atomic E-state index is 12.9. The number of carbonyl (C=O) groups is 1. The number of methoxy groups -OCH3 is 2. The van der Waals surface area contributed by atoms with Gasteiger partial charge < -0.3 is 19.7 Å². The van der Waals surface area contributed by atoms with Gasteiger partial charge in [0, 0.05) is 31.1 Å². The number of benzene rings is 2. The first-order valence-electron chi connectivity index (χ1n) is 9.09. The molecular weight excluding hydrogens is 399 g/mol. The Bertz CT molecular complexity index is 801. The van der Waals surface area contributed by atoms with E-state index < -0.39 is 0 Å². The highest BCUT2D eigenvalue weighted by Crippen LogP contribution is 2.29. The topological polar surface area (TPSA) is 50.8 Å². The van der Waals surface area contributed by atoms with Crippen LogP contribution in [-0.4, -0.2) is 44.7 Å². The molecule has 0 saturated carbocycles. The summed E-state index contributed by atoms with van der Waals surface area (Å²) in [7, 11) is 3.23. The molecule has 1 heterocycles. The van der Waals surface area contributed by atoms with Crippen LogP contribution in [0.1, 0.15) is 23.6 Å². The van der Waals surface area contributed by atoms with E-state index in [9.17, 15) is 4.79 Å². The molecule has 1 aliphatic heterocycles. The summed E-state index contributed by atoms with van der Waals surface area (Å²) < 4.78 is 10.6. The Balaban J connectivity index is 0.00000280. The molecule has 1 unspecified atom stereocenters. The predicted octanol–water partition coefficient (Wildman–Crippen LogP) is 3.88. The molecule has 1 atom stereocenters. The van der Waals surface area contributed by atoms with Gasteiger partial charge in [0.05, 0.1) is 20.3 Å². The van der Waals surface area contributed by atoms with E-state index in [0.29, 0.717) is 35.9 Å². The first-order valence-corrected chi connectivity index (χ1v) is 9.46. The standard InChI is InChI=1S/C21H25ClN2O3.ClH/c1-26-19-8-6-15(12-20(19)27-2)7-9-21(25)24-11-10-23-14-18(24)16-4-3-5-17(22)13-16;/h3-6,8,12-13,18,23H,7,9-11,14H2,1-2H3;1H. The van der Waals surface area contributed by atoms with E-state index in [-0.39, 0.29) is 24.4 Å². The van der Waals surface area contributed by atoms with Gasteiger partial charge in [0.2, 0.25) is 5.91 Å². The molecule has 28 heavy (non-hydrogen) atoms. The van der Waals surface area contributed by atoms with Gasteiger partial charge in [-0.1, -0.05) is 29.8 Å². The maximum Gasteiger partial charge on any atom is 0.223 e. The Morgan fingerprint density at radius 3 is 2.68 bits per heavy atom. The van der Waals surface area contributed by atoms with E-state index in [4.69, 9.17) is 21.1 Å². The van der Waals surface area contributed by atoms with Crippen molar-refractivity contribution in [3.63, 3.8) is 0 Å². The average molecular weight is 425 g/mol. The van der Waals surface area contributed by atoms with Crippen molar-refractivity contribution in [2.45, 2.75) is 18.9 Å². The zero-order valence-corrected chi connectivity index (χ0v) is 17.7. The number of aryl methyl sites for hydroxylation is 1. The molecule has 0 radical (unpaired) electrons. The fraction of sp³-hybridized carbons (Fsp3) is 0.381. The summed E-state index contributed by atoms with van der Waals surface area (Å²) in [5.74, 6) is 1.52. The van der Waals surface area contributed by atoms with Crippen LogP contribution < -0.4 is 14.8 Å². The predicted molar refractivity (Wildman–Crippen MR) is 114 cm³/mol. The molecule has 0 aromatic heterocycles. The number of piperazine rings is 1. The lowest BCUT2D eigenvalue weighted by molar-refractivity contribution is -0.134. The van der Waals surface area contributed by atoms with Crippen molar-refractivity contribution in [1.29, 1.82) is 0 Å². The van der Waals surface area contributed by atoms with Crippen molar-refractivity contribution in [2.75, 3.05) is 33.9 Å². The number of carbonyl (C=O) groups excluding carboxylic acids is 1. The number of halogens is 2. The van der Waals surface area contributed by atoms with Crippen LogP contribution in [0.25, 0.3) is 0 Å². The van der Waals surface area contributed by atoms with Gasteiger partial charge in [-0.3, -0.25) is 4.79 Å². The first-order chi connectivity index (χ1) is 13.1. The highest BCUT2D eigenvalue weighted by Gasteiger charge is 2.27. The quantitative estimate of drug-likeness (QED) is 0.763. The average Bonchev–Trinajstić information content (AvgIpc) is 2.71. The molecule has 152 valence electrons. The summed E-state index contributed by atoms with van der Waals surface area (Å²) in [6.45, 7) is 2.24. The molecule has 2 aromatic rings. The van der Waals surface area contributed by atoms with Gasteiger partial charge in [0.25, 0.3) is 0 Å². The summed E-state index contributed by atoms with van der Waals surface area (Å²) >= 11 is 6.14. The van der Waals surface area contributed by atoms with E-state index in [1.807, 2.05) is 47.4 Å². The minimum atomic E-state index is 0. The molecule has 3 rings (SSSR count). The van der Waals surface area contributed by atoms with E-state index in [1.54, 1.807) is 14.2 Å². The highest BCUT2D eigenvalue weighted by molar-refractivity contribution is 6.30. The highest BCUT2D eigenvalue weighted by atomic mass is 35.5. The minimum Gasteiger partial charge on any atom is -0.493 e. The number of rotatable bonds is 6. The Morgan fingerprint density at radius 1 is 1.18 bits per heavy atom. The number of nitrogens with one attached hydrogen (secondary N) is 1. The van der Waals surface area contributed by atoms with Crippen LogP contribution >= 0.6 is 24.0 Å². The van der Waals surface area contributed by atoms with E-state index in [1.165, 1.54) is 0 Å². The van der Waals surface area contributed by atoms with Crippen molar-refractivity contribution in [2.24, 2.45) is 0 Å². The fourth-order valence-electron chi connectivity index (χ4n) is 3.45. The van der Waals surface area contributed by atoms with Crippen LogP contribution in [0.3, 0.4) is 0 Å². The smallest absolute Gasteiger partial charge is 0.223 e. The summed E-state index contributed by atoms with van der Waals surface area (Å²) in [4.78, 5) is 14.9. The minimum absolute atomic E-state index is 0. The lowest BCUT2D eigenvalue weighted by Crippen LogP contribution is -2.48. The largest absolute Gasteiger partial charge is 0.493 e. The molecule has 0 bridgehead atoms. The number of hydrogen-bond donors (Lipinski definition) is 1. The molecule has 1 saturated heterocycles. The van der Waals surface area contributed by atoms with Crippen LogP contribution in [0.2, 0.25) is 5.02 Å². The van der Waals surface area contributed by atoms with Crippen LogP contribution in [0.15, 0.2) is 42.5 Å². The zero-order valence-electron chi connectivity index (χ0n) is 16.1. The summed E-state index contributed by atoms with van der Waals surface area (Å²) in [5.41, 5.74) is 2.12. The van der Waals surface area contributed by atoms with Gasteiger partial charge in [-0.05, 0) is 41.8 Å². The van der Waals surface area contributed by atoms with Crippen molar-refractivity contribution >= 4 is 29.9 Å². The van der Waals surface area contributed by atoms with Crippen molar-refractivity contribution < 1.29 is 14.3 Å². The fourth-order valence-corrected chi connectivity index (χ4v) is 3.64. The molecule has 7 heteroatoms. The number of amides is 1. The molecule has 0 spiro atoms. The van der Waals surface area contributed by atoms with Gasteiger partial charge in [0.1, 0.15) is 0 Å². The molecule has 1 fully saturated rings. The third kappa shape index (κ3) is 5.31. The second-order valence-corrected chi connectivity index (χ2v) is 6.99.